The van der Waals surface area contributed by atoms with Crippen LogP contribution >= 0.6 is 0 Å². The number of urea groups is 1. The summed E-state index contributed by atoms with van der Waals surface area (Å²) in [6, 6.07) is 0.644. The van der Waals surface area contributed by atoms with E-state index in [0.717, 1.165) is 24.3 Å². The van der Waals surface area contributed by atoms with Gasteiger partial charge in [0, 0.05) is 25.5 Å². The molecular formula is C21H24N9O2+. The van der Waals surface area contributed by atoms with Crippen LogP contribution in [0.2, 0.25) is 0 Å². The summed E-state index contributed by atoms with van der Waals surface area (Å²) in [6.07, 6.45) is 4.68. The van der Waals surface area contributed by atoms with Gasteiger partial charge in [-0.3, -0.25) is 24.2 Å². The number of aromatic nitrogens is 2. The van der Waals surface area contributed by atoms with Gasteiger partial charge in [0.25, 0.3) is 5.91 Å². The summed E-state index contributed by atoms with van der Waals surface area (Å²) in [5.41, 5.74) is 6.50. The first kappa shape index (κ1) is 21.4. The second-order valence-corrected chi connectivity index (χ2v) is 7.80. The minimum Gasteiger partial charge on any atom is -0.325 e. The Morgan fingerprint density at radius 3 is 2.81 bits per heavy atom. The Morgan fingerprint density at radius 2 is 2.09 bits per heavy atom. The number of amides is 3. The number of rotatable bonds is 3. The van der Waals surface area contributed by atoms with Crippen LogP contribution in [-0.2, 0) is 11.3 Å². The maximum absolute atomic E-state index is 13.6. The van der Waals surface area contributed by atoms with Gasteiger partial charge in [0.1, 0.15) is 12.6 Å². The van der Waals surface area contributed by atoms with Crippen molar-refractivity contribution in [1.82, 2.24) is 24.7 Å². The molecule has 2 fully saturated rings. The van der Waals surface area contributed by atoms with Crippen LogP contribution in [0.25, 0.3) is 0 Å². The zero-order valence-electron chi connectivity index (χ0n) is 18.0. The summed E-state index contributed by atoms with van der Waals surface area (Å²) < 4.78 is 2.06. The molecule has 11 heteroatoms. The van der Waals surface area contributed by atoms with Crippen molar-refractivity contribution in [1.29, 1.82) is 5.26 Å². The van der Waals surface area contributed by atoms with E-state index >= 15 is 0 Å². The number of carbonyl (C=O) groups is 2. The third-order valence-corrected chi connectivity index (χ3v) is 5.74. The van der Waals surface area contributed by atoms with Crippen molar-refractivity contribution in [3.63, 3.8) is 0 Å². The lowest BCUT2D eigenvalue weighted by atomic mass is 10.1. The molecule has 1 unspecified atom stereocenters. The van der Waals surface area contributed by atoms with Crippen molar-refractivity contribution in [3.8, 4) is 17.9 Å². The Hall–Kier alpha value is -3.83. The second-order valence-electron chi connectivity index (χ2n) is 7.80. The van der Waals surface area contributed by atoms with E-state index in [2.05, 4.69) is 26.4 Å². The number of imide groups is 1. The molecule has 0 spiro atoms. The fraction of sp³-hybridized carbons (Fsp3) is 0.476. The van der Waals surface area contributed by atoms with Crippen LogP contribution in [0.15, 0.2) is 17.4 Å². The number of amidine groups is 1. The maximum Gasteiger partial charge on any atom is 0.393 e. The van der Waals surface area contributed by atoms with Crippen molar-refractivity contribution < 1.29 is 14.2 Å². The third kappa shape index (κ3) is 3.67. The lowest BCUT2D eigenvalue weighted by Crippen LogP contribution is -2.63. The average molecular weight is 434 g/mol. The standard InChI is InChI=1S/C21H24N9O2/c1-3-4-10-29-17-18(26-20(29)28-9-5-6-14(23)12-28)27(2)21(32)30(19(17)31)13-16-15(11-22)24-7-8-25-16/h7-8,14,17H,5-6,9-10,12-13,23H2,1-2H3/q+1/t14-,17?/m1/s1. The van der Waals surface area contributed by atoms with Crippen molar-refractivity contribution in [2.75, 3.05) is 26.7 Å². The van der Waals surface area contributed by atoms with Gasteiger partial charge in [-0.1, -0.05) is 10.9 Å². The number of nitriles is 1. The Kier molecular flexibility index (Phi) is 5.84. The molecule has 0 radical (unpaired) electrons. The number of carbonyl (C=O) groups excluding carboxylic acids is 2. The number of likely N-dealkylation sites (N-methyl/N-ethyl adjacent to an activating group) is 1. The third-order valence-electron chi connectivity index (χ3n) is 5.74. The molecule has 4 rings (SSSR count). The molecule has 1 aromatic rings. The zero-order chi connectivity index (χ0) is 22.8. The number of hydrogen-bond donors (Lipinski definition) is 1. The predicted molar refractivity (Wildman–Crippen MR) is 114 cm³/mol. The highest BCUT2D eigenvalue weighted by Crippen LogP contribution is 2.25. The number of nitrogens with two attached hydrogens (primary N) is 1. The molecule has 4 heterocycles. The van der Waals surface area contributed by atoms with Crippen LogP contribution < -0.4 is 5.73 Å². The topological polar surface area (TPSA) is 135 Å². The zero-order valence-corrected chi connectivity index (χ0v) is 18.0. The first-order valence-corrected chi connectivity index (χ1v) is 10.4. The molecule has 2 N–H and O–H groups in total. The number of fused-ring (bicyclic) bond motifs is 1. The van der Waals surface area contributed by atoms with Crippen molar-refractivity contribution >= 4 is 23.7 Å². The molecule has 2 atom stereocenters. The largest absolute Gasteiger partial charge is 0.393 e. The minimum absolute atomic E-state index is 0.0193. The quantitative estimate of drug-likeness (QED) is 0.493. The average Bonchev–Trinajstić information content (AvgIpc) is 3.19. The van der Waals surface area contributed by atoms with Gasteiger partial charge < -0.3 is 5.73 Å². The molecule has 0 aliphatic carbocycles. The van der Waals surface area contributed by atoms with Crippen LogP contribution in [0.5, 0.6) is 0 Å². The van der Waals surface area contributed by atoms with Gasteiger partial charge in [0.15, 0.2) is 5.69 Å². The molecule has 3 aliphatic rings. The van der Waals surface area contributed by atoms with Gasteiger partial charge in [-0.05, 0) is 19.8 Å². The number of aliphatic imine (C=N–C) groups is 1. The van der Waals surface area contributed by atoms with Gasteiger partial charge in [-0.2, -0.15) is 5.26 Å². The highest BCUT2D eigenvalue weighted by molar-refractivity contribution is 6.25. The van der Waals surface area contributed by atoms with Gasteiger partial charge in [-0.15, -0.1) is 5.92 Å². The minimum atomic E-state index is -0.797. The highest BCUT2D eigenvalue weighted by Gasteiger charge is 2.56. The maximum atomic E-state index is 13.6. The first-order chi connectivity index (χ1) is 15.5. The molecule has 3 aliphatic heterocycles. The van der Waals surface area contributed by atoms with E-state index in [1.807, 2.05) is 11.0 Å². The SMILES string of the molecule is CC#CCN1C(=[N+]2CCC[C@@H](N)C2)N=C2C1C(=O)N(Cc1nccnc1C#N)C(=O)N2C. The van der Waals surface area contributed by atoms with E-state index in [0.29, 0.717) is 18.3 Å². The molecule has 2 saturated heterocycles. The Bertz CT molecular complexity index is 1120. The predicted octanol–water partition coefficient (Wildman–Crippen LogP) is -0.662. The molecular weight excluding hydrogens is 410 g/mol. The molecule has 0 bridgehead atoms. The van der Waals surface area contributed by atoms with Crippen LogP contribution in [0.3, 0.4) is 0 Å². The fourth-order valence-corrected chi connectivity index (χ4v) is 4.15. The van der Waals surface area contributed by atoms with Gasteiger partial charge in [0.05, 0.1) is 25.3 Å². The molecule has 32 heavy (non-hydrogen) atoms. The van der Waals surface area contributed by atoms with Gasteiger partial charge in [0.2, 0.25) is 11.9 Å². The second kappa shape index (κ2) is 8.73. The smallest absolute Gasteiger partial charge is 0.325 e. The number of piperidine rings is 1. The molecule has 1 aromatic heterocycles. The number of guanidine groups is 1. The monoisotopic (exact) mass is 434 g/mol. The Labute approximate surface area is 185 Å². The molecule has 3 amide bonds. The highest BCUT2D eigenvalue weighted by atomic mass is 16.2. The van der Waals surface area contributed by atoms with E-state index in [9.17, 15) is 14.9 Å². The normalized spacial score (nSPS) is 25.2. The van der Waals surface area contributed by atoms with E-state index in [1.165, 1.54) is 17.3 Å². The summed E-state index contributed by atoms with van der Waals surface area (Å²) in [4.78, 5) is 43.7. The summed E-state index contributed by atoms with van der Waals surface area (Å²) in [5.74, 6) is 6.42. The van der Waals surface area contributed by atoms with Gasteiger partial charge >= 0.3 is 12.0 Å². The molecule has 164 valence electrons. The van der Waals surface area contributed by atoms with E-state index in [4.69, 9.17) is 10.7 Å². The summed E-state index contributed by atoms with van der Waals surface area (Å²) >= 11 is 0. The molecule has 11 nitrogen and oxygen atoms in total. The Balaban J connectivity index is 1.73. The van der Waals surface area contributed by atoms with Crippen molar-refractivity contribution in [3.05, 3.63) is 23.8 Å². The van der Waals surface area contributed by atoms with E-state index in [1.54, 1.807) is 14.0 Å². The van der Waals surface area contributed by atoms with Crippen LogP contribution in [0.1, 0.15) is 31.2 Å². The summed E-state index contributed by atoms with van der Waals surface area (Å²) in [6.45, 7) is 3.25. The number of hydrogen-bond acceptors (Lipinski definition) is 6. The lowest BCUT2D eigenvalue weighted by Gasteiger charge is -2.34. The van der Waals surface area contributed by atoms with Crippen LogP contribution in [0.4, 0.5) is 4.79 Å². The summed E-state index contributed by atoms with van der Waals surface area (Å²) in [7, 11) is 1.59. The van der Waals surface area contributed by atoms with Crippen LogP contribution in [0, 0.1) is 23.2 Å². The fourth-order valence-electron chi connectivity index (χ4n) is 4.15. The van der Waals surface area contributed by atoms with Crippen molar-refractivity contribution in [2.24, 2.45) is 10.7 Å². The van der Waals surface area contributed by atoms with E-state index in [-0.39, 0.29) is 30.5 Å². The first-order valence-electron chi connectivity index (χ1n) is 10.4. The van der Waals surface area contributed by atoms with Gasteiger partial charge in [-0.25, -0.2) is 14.7 Å². The summed E-state index contributed by atoms with van der Waals surface area (Å²) in [5, 5.41) is 9.31. The van der Waals surface area contributed by atoms with Crippen LogP contribution in [-0.4, -0.2) is 91.7 Å². The molecule has 0 saturated carbocycles. The number of nitrogens with zero attached hydrogens (tertiary/aromatic N) is 8. The Morgan fingerprint density at radius 1 is 1.31 bits per heavy atom. The molecule has 0 aromatic carbocycles. The lowest BCUT2D eigenvalue weighted by molar-refractivity contribution is -0.544. The van der Waals surface area contributed by atoms with E-state index < -0.39 is 18.0 Å². The van der Waals surface area contributed by atoms with Crippen molar-refractivity contribution in [2.45, 2.75) is 38.4 Å².